The van der Waals surface area contributed by atoms with Crippen LogP contribution in [0.1, 0.15) is 47.0 Å². The second-order valence-electron chi connectivity index (χ2n) is 5.55. The normalized spacial score (nSPS) is 25.9. The van der Waals surface area contributed by atoms with Crippen LogP contribution in [0.5, 0.6) is 0 Å². The molecule has 2 N–H and O–H groups in total. The van der Waals surface area contributed by atoms with Gasteiger partial charge >= 0.3 is 12.0 Å². The van der Waals surface area contributed by atoms with Crippen molar-refractivity contribution in [1.29, 1.82) is 0 Å². The minimum Gasteiger partial charge on any atom is -0.480 e. The number of nitrogens with one attached hydrogen (secondary N) is 1. The maximum Gasteiger partial charge on any atom is 0.326 e. The molecule has 1 heterocycles. The Hall–Kier alpha value is -1.26. The van der Waals surface area contributed by atoms with E-state index in [1.54, 1.807) is 18.7 Å². The van der Waals surface area contributed by atoms with Crippen molar-refractivity contribution in [1.82, 2.24) is 10.2 Å². The van der Waals surface area contributed by atoms with Crippen molar-refractivity contribution in [3.63, 3.8) is 0 Å². The molecule has 0 radical (unpaired) electrons. The Bertz CT molecular complexity index is 307. The Morgan fingerprint density at radius 2 is 1.72 bits per heavy atom. The molecule has 0 bridgehead atoms. The average molecular weight is 256 g/mol. The molecular formula is C13H24N2O3. The van der Waals surface area contributed by atoms with Gasteiger partial charge in [-0.3, -0.25) is 0 Å². The maximum atomic E-state index is 12.2. The lowest BCUT2D eigenvalue weighted by Crippen LogP contribution is -2.56. The number of nitrogens with zero attached hydrogens (tertiary/aromatic N) is 1. The summed E-state index contributed by atoms with van der Waals surface area (Å²) in [5.74, 6) is -1.10. The minimum atomic E-state index is -0.976. The van der Waals surface area contributed by atoms with Crippen LogP contribution in [0, 0.1) is 5.92 Å². The Labute approximate surface area is 109 Å². The number of hydrogen-bond acceptors (Lipinski definition) is 2. The number of carboxylic acids is 1. The van der Waals surface area contributed by atoms with Crippen LogP contribution in [0.4, 0.5) is 4.79 Å². The summed E-state index contributed by atoms with van der Waals surface area (Å²) in [5, 5.41) is 11.7. The van der Waals surface area contributed by atoms with E-state index >= 15 is 0 Å². The molecule has 3 atom stereocenters. The average Bonchev–Trinajstić information content (AvgIpc) is 2.24. The highest BCUT2D eigenvalue weighted by Crippen LogP contribution is 2.22. The summed E-state index contributed by atoms with van der Waals surface area (Å²) in [4.78, 5) is 25.1. The van der Waals surface area contributed by atoms with Gasteiger partial charge in [-0.1, -0.05) is 13.8 Å². The summed E-state index contributed by atoms with van der Waals surface area (Å²) in [6, 6.07) is -0.722. The first-order valence-corrected chi connectivity index (χ1v) is 6.66. The van der Waals surface area contributed by atoms with Gasteiger partial charge in [-0.2, -0.15) is 0 Å². The zero-order valence-corrected chi connectivity index (χ0v) is 11.6. The van der Waals surface area contributed by atoms with Crippen molar-refractivity contribution in [2.75, 3.05) is 0 Å². The number of likely N-dealkylation sites (tertiary alicyclic amines) is 1. The molecule has 2 amide bonds. The molecular weight excluding hydrogens is 232 g/mol. The molecule has 18 heavy (non-hydrogen) atoms. The van der Waals surface area contributed by atoms with Gasteiger partial charge in [0.05, 0.1) is 0 Å². The van der Waals surface area contributed by atoms with E-state index in [9.17, 15) is 9.59 Å². The number of hydrogen-bond donors (Lipinski definition) is 2. The molecule has 0 aromatic rings. The summed E-state index contributed by atoms with van der Waals surface area (Å²) in [6.07, 6.45) is 3.09. The molecule has 0 aromatic carbocycles. The van der Waals surface area contributed by atoms with E-state index in [-0.39, 0.29) is 24.0 Å². The number of carbonyl (C=O) groups is 2. The topological polar surface area (TPSA) is 69.6 Å². The number of piperidine rings is 1. The first-order chi connectivity index (χ1) is 8.34. The molecule has 1 rings (SSSR count). The Morgan fingerprint density at radius 3 is 2.11 bits per heavy atom. The van der Waals surface area contributed by atoms with Gasteiger partial charge in [0.1, 0.15) is 6.04 Å². The highest BCUT2D eigenvalue weighted by atomic mass is 16.4. The van der Waals surface area contributed by atoms with Crippen LogP contribution in [0.25, 0.3) is 0 Å². The lowest BCUT2D eigenvalue weighted by atomic mass is 9.98. The van der Waals surface area contributed by atoms with Crippen molar-refractivity contribution in [3.8, 4) is 0 Å². The SMILES string of the molecule is CC(C)C(NC(=O)N1[C@H](C)CCC[C@@H]1C)C(=O)O. The Morgan fingerprint density at radius 1 is 1.22 bits per heavy atom. The van der Waals surface area contributed by atoms with Crippen LogP contribution in [0.3, 0.4) is 0 Å². The van der Waals surface area contributed by atoms with Crippen LogP contribution >= 0.6 is 0 Å². The van der Waals surface area contributed by atoms with E-state index in [2.05, 4.69) is 5.32 Å². The van der Waals surface area contributed by atoms with Crippen LogP contribution in [0.2, 0.25) is 0 Å². The van der Waals surface area contributed by atoms with Gasteiger partial charge in [0.25, 0.3) is 0 Å². The van der Waals surface area contributed by atoms with E-state index in [1.165, 1.54) is 0 Å². The van der Waals surface area contributed by atoms with E-state index in [0.717, 1.165) is 19.3 Å². The first kappa shape index (κ1) is 14.8. The van der Waals surface area contributed by atoms with E-state index in [0.29, 0.717) is 0 Å². The van der Waals surface area contributed by atoms with E-state index in [4.69, 9.17) is 5.11 Å². The Balaban J connectivity index is 2.70. The molecule has 1 saturated heterocycles. The highest BCUT2D eigenvalue weighted by molar-refractivity contribution is 5.83. The largest absolute Gasteiger partial charge is 0.480 e. The predicted molar refractivity (Wildman–Crippen MR) is 69.4 cm³/mol. The molecule has 104 valence electrons. The molecule has 0 saturated carbocycles. The van der Waals surface area contributed by atoms with Gasteiger partial charge in [-0.05, 0) is 39.0 Å². The van der Waals surface area contributed by atoms with E-state index < -0.39 is 12.0 Å². The summed E-state index contributed by atoms with van der Waals surface area (Å²) < 4.78 is 0. The first-order valence-electron chi connectivity index (χ1n) is 6.66. The zero-order chi connectivity index (χ0) is 13.9. The van der Waals surface area contributed by atoms with Gasteiger partial charge in [-0.15, -0.1) is 0 Å². The Kier molecular flexibility index (Phi) is 4.99. The second-order valence-corrected chi connectivity index (χ2v) is 5.55. The van der Waals surface area contributed by atoms with Crippen molar-refractivity contribution < 1.29 is 14.7 Å². The summed E-state index contributed by atoms with van der Waals surface area (Å²) in [6.45, 7) is 7.62. The monoisotopic (exact) mass is 256 g/mol. The van der Waals surface area contributed by atoms with Crippen molar-refractivity contribution in [3.05, 3.63) is 0 Å². The van der Waals surface area contributed by atoms with E-state index in [1.807, 2.05) is 13.8 Å². The second kappa shape index (κ2) is 6.07. The van der Waals surface area contributed by atoms with Gasteiger partial charge in [-0.25, -0.2) is 9.59 Å². The van der Waals surface area contributed by atoms with Gasteiger partial charge in [0.2, 0.25) is 0 Å². The fourth-order valence-corrected chi connectivity index (χ4v) is 2.54. The summed E-state index contributed by atoms with van der Waals surface area (Å²) in [7, 11) is 0. The molecule has 1 unspecified atom stereocenters. The maximum absolute atomic E-state index is 12.2. The molecule has 5 nitrogen and oxygen atoms in total. The smallest absolute Gasteiger partial charge is 0.326 e. The third-order valence-electron chi connectivity index (χ3n) is 3.64. The number of aliphatic carboxylic acids is 1. The van der Waals surface area contributed by atoms with Gasteiger partial charge in [0, 0.05) is 12.1 Å². The standard InChI is InChI=1S/C13H24N2O3/c1-8(2)11(12(16)17)14-13(18)15-9(3)6-5-7-10(15)4/h8-11H,5-7H2,1-4H3,(H,14,18)(H,16,17)/t9-,10+,11?. The number of carbonyl (C=O) groups excluding carboxylic acids is 1. The highest BCUT2D eigenvalue weighted by Gasteiger charge is 2.32. The van der Waals surface area contributed by atoms with Crippen molar-refractivity contribution in [2.45, 2.75) is 65.1 Å². The fraction of sp³-hybridized carbons (Fsp3) is 0.846. The number of amides is 2. The van der Waals surface area contributed by atoms with Crippen LogP contribution in [-0.4, -0.2) is 40.1 Å². The quantitative estimate of drug-likeness (QED) is 0.812. The molecule has 0 spiro atoms. The number of carboxylic acid groups (broad SMARTS) is 1. The third kappa shape index (κ3) is 3.37. The lowest BCUT2D eigenvalue weighted by Gasteiger charge is -2.39. The lowest BCUT2D eigenvalue weighted by molar-refractivity contribution is -0.140. The molecule has 1 aliphatic rings. The molecule has 5 heteroatoms. The van der Waals surface area contributed by atoms with Crippen LogP contribution in [0.15, 0.2) is 0 Å². The molecule has 1 fully saturated rings. The molecule has 0 aromatic heterocycles. The predicted octanol–water partition coefficient (Wildman–Crippen LogP) is 2.07. The van der Waals surface area contributed by atoms with Crippen LogP contribution < -0.4 is 5.32 Å². The van der Waals surface area contributed by atoms with Crippen molar-refractivity contribution >= 4 is 12.0 Å². The summed E-state index contributed by atoms with van der Waals surface area (Å²) in [5.41, 5.74) is 0. The van der Waals surface area contributed by atoms with Crippen molar-refractivity contribution in [2.24, 2.45) is 5.92 Å². The summed E-state index contributed by atoms with van der Waals surface area (Å²) >= 11 is 0. The van der Waals surface area contributed by atoms with Crippen LogP contribution in [-0.2, 0) is 4.79 Å². The van der Waals surface area contributed by atoms with Gasteiger partial charge in [0.15, 0.2) is 0 Å². The fourth-order valence-electron chi connectivity index (χ4n) is 2.54. The van der Waals surface area contributed by atoms with Gasteiger partial charge < -0.3 is 15.3 Å². The molecule has 0 aliphatic carbocycles. The minimum absolute atomic E-state index is 0.123. The molecule has 1 aliphatic heterocycles. The number of urea groups is 1. The third-order valence-corrected chi connectivity index (χ3v) is 3.64. The zero-order valence-electron chi connectivity index (χ0n) is 11.6. The number of rotatable bonds is 3.